The first kappa shape index (κ1) is 34.5. The number of nitrogens with one attached hydrogen (secondary N) is 1. The monoisotopic (exact) mass is 507 g/mol. The summed E-state index contributed by atoms with van der Waals surface area (Å²) in [6.07, 6.45) is 32.9. The van der Waals surface area contributed by atoms with Gasteiger partial charge in [0.2, 0.25) is 0 Å². The van der Waals surface area contributed by atoms with Gasteiger partial charge in [-0.25, -0.2) is 0 Å². The molecule has 0 aliphatic carbocycles. The number of halogens is 1. The molecule has 1 rings (SSSR count). The van der Waals surface area contributed by atoms with E-state index in [4.69, 9.17) is 0 Å². The molecule has 1 nitrogen and oxygen atoms in total. The third-order valence-electron chi connectivity index (χ3n) is 7.50. The fourth-order valence-corrected chi connectivity index (χ4v) is 5.14. The molecule has 0 spiro atoms. The molecule has 0 bridgehead atoms. The summed E-state index contributed by atoms with van der Waals surface area (Å²) in [7, 11) is 0. The Morgan fingerprint density at radius 3 is 1.20 bits per heavy atom. The van der Waals surface area contributed by atoms with Crippen molar-refractivity contribution in [2.24, 2.45) is 0 Å². The Hall–Kier alpha value is -0.530. The van der Waals surface area contributed by atoms with Crippen LogP contribution in [0.15, 0.2) is 30.3 Å². The Labute approximate surface area is 227 Å². The standard InChI is InChI=1S/C33H61N.ClH/c1-3-5-7-9-11-13-15-17-19-21-26-30-33(34-31-32-27-23-22-24-28-32)29-25-20-18-16-14-12-10-8-6-4-2;/h22-24,27-28,33-34H,3-21,25-26,29-31H2,1-2H3;1H. The highest BCUT2D eigenvalue weighted by atomic mass is 35.5. The van der Waals surface area contributed by atoms with Gasteiger partial charge in [-0.15, -0.1) is 12.4 Å². The lowest BCUT2D eigenvalue weighted by Crippen LogP contribution is -2.28. The van der Waals surface area contributed by atoms with E-state index >= 15 is 0 Å². The van der Waals surface area contributed by atoms with Crippen molar-refractivity contribution in [3.8, 4) is 0 Å². The Morgan fingerprint density at radius 2 is 0.829 bits per heavy atom. The lowest BCUT2D eigenvalue weighted by Gasteiger charge is -2.19. The van der Waals surface area contributed by atoms with Crippen LogP contribution in [0.4, 0.5) is 0 Å². The molecule has 1 aromatic carbocycles. The second-order valence-corrected chi connectivity index (χ2v) is 10.9. The summed E-state index contributed by atoms with van der Waals surface area (Å²) in [6.45, 7) is 5.64. The molecule has 0 aromatic heterocycles. The van der Waals surface area contributed by atoms with Gasteiger partial charge >= 0.3 is 0 Å². The minimum Gasteiger partial charge on any atom is -0.310 e. The first-order chi connectivity index (χ1) is 16.9. The zero-order chi connectivity index (χ0) is 24.4. The molecule has 0 amide bonds. The Morgan fingerprint density at radius 1 is 0.486 bits per heavy atom. The molecule has 0 aliphatic heterocycles. The van der Waals surface area contributed by atoms with Gasteiger partial charge in [0.25, 0.3) is 0 Å². The number of benzene rings is 1. The molecule has 1 unspecified atom stereocenters. The van der Waals surface area contributed by atoms with Crippen molar-refractivity contribution in [1.29, 1.82) is 0 Å². The van der Waals surface area contributed by atoms with Gasteiger partial charge in [-0.1, -0.05) is 179 Å². The van der Waals surface area contributed by atoms with Crippen molar-refractivity contribution < 1.29 is 0 Å². The molecule has 1 aromatic rings. The van der Waals surface area contributed by atoms with Crippen molar-refractivity contribution in [1.82, 2.24) is 5.32 Å². The lowest BCUT2D eigenvalue weighted by atomic mass is 9.99. The summed E-state index contributed by atoms with van der Waals surface area (Å²) < 4.78 is 0. The van der Waals surface area contributed by atoms with E-state index in [0.29, 0.717) is 6.04 Å². The Kier molecular flexibility index (Phi) is 27.6. The third-order valence-corrected chi connectivity index (χ3v) is 7.50. The van der Waals surface area contributed by atoms with Crippen LogP contribution in [0.2, 0.25) is 0 Å². The minimum absolute atomic E-state index is 0. The van der Waals surface area contributed by atoms with Crippen LogP contribution >= 0.6 is 12.4 Å². The van der Waals surface area contributed by atoms with Gasteiger partial charge in [-0.2, -0.15) is 0 Å². The van der Waals surface area contributed by atoms with Crippen LogP contribution in [-0.2, 0) is 6.54 Å². The first-order valence-electron chi connectivity index (χ1n) is 15.6. The number of hydrogen-bond acceptors (Lipinski definition) is 1. The summed E-state index contributed by atoms with van der Waals surface area (Å²) >= 11 is 0. The molecule has 0 saturated heterocycles. The summed E-state index contributed by atoms with van der Waals surface area (Å²) in [4.78, 5) is 0. The van der Waals surface area contributed by atoms with E-state index in [9.17, 15) is 0 Å². The molecule has 1 atom stereocenters. The Balaban J connectivity index is 0.0000116. The number of rotatable bonds is 26. The fourth-order valence-electron chi connectivity index (χ4n) is 5.14. The van der Waals surface area contributed by atoms with E-state index in [1.54, 1.807) is 0 Å². The van der Waals surface area contributed by atoms with Crippen molar-refractivity contribution >= 4 is 12.4 Å². The van der Waals surface area contributed by atoms with Gasteiger partial charge in [0, 0.05) is 12.6 Å². The molecule has 1 N–H and O–H groups in total. The van der Waals surface area contributed by atoms with Crippen LogP contribution < -0.4 is 5.32 Å². The maximum Gasteiger partial charge on any atom is 0.0208 e. The van der Waals surface area contributed by atoms with Crippen molar-refractivity contribution in [3.05, 3.63) is 35.9 Å². The quantitative estimate of drug-likeness (QED) is 0.123. The Bertz CT molecular complexity index is 503. The predicted molar refractivity (Wildman–Crippen MR) is 162 cm³/mol. The van der Waals surface area contributed by atoms with E-state index in [1.807, 2.05) is 0 Å². The first-order valence-corrected chi connectivity index (χ1v) is 15.6. The average Bonchev–Trinajstić information content (AvgIpc) is 2.87. The van der Waals surface area contributed by atoms with Gasteiger partial charge in [-0.05, 0) is 18.4 Å². The fraction of sp³-hybridized carbons (Fsp3) is 0.818. The van der Waals surface area contributed by atoms with E-state index in [1.165, 1.54) is 153 Å². The molecule has 206 valence electrons. The van der Waals surface area contributed by atoms with Crippen LogP contribution in [0.1, 0.15) is 167 Å². The molecular weight excluding hydrogens is 446 g/mol. The van der Waals surface area contributed by atoms with Crippen molar-refractivity contribution in [2.75, 3.05) is 0 Å². The van der Waals surface area contributed by atoms with Gasteiger partial charge in [0.1, 0.15) is 0 Å². The smallest absolute Gasteiger partial charge is 0.0208 e. The van der Waals surface area contributed by atoms with E-state index in [-0.39, 0.29) is 12.4 Å². The van der Waals surface area contributed by atoms with Crippen LogP contribution in [0.3, 0.4) is 0 Å². The summed E-state index contributed by atoms with van der Waals surface area (Å²) in [5.74, 6) is 0. The third kappa shape index (κ3) is 23.6. The normalized spacial score (nSPS) is 11.9. The predicted octanol–water partition coefficient (Wildman–Crippen LogP) is 11.6. The van der Waals surface area contributed by atoms with Gasteiger partial charge in [0.15, 0.2) is 0 Å². The largest absolute Gasteiger partial charge is 0.310 e. The second-order valence-electron chi connectivity index (χ2n) is 10.9. The van der Waals surface area contributed by atoms with Gasteiger partial charge < -0.3 is 5.32 Å². The highest BCUT2D eigenvalue weighted by molar-refractivity contribution is 5.85. The summed E-state index contributed by atoms with van der Waals surface area (Å²) in [5.41, 5.74) is 1.43. The van der Waals surface area contributed by atoms with Crippen molar-refractivity contribution in [2.45, 2.75) is 174 Å². The van der Waals surface area contributed by atoms with E-state index < -0.39 is 0 Å². The molecular formula is C33H62ClN. The minimum atomic E-state index is 0. The van der Waals surface area contributed by atoms with E-state index in [2.05, 4.69) is 49.5 Å². The molecule has 2 heteroatoms. The highest BCUT2D eigenvalue weighted by Crippen LogP contribution is 2.17. The summed E-state index contributed by atoms with van der Waals surface area (Å²) in [6, 6.07) is 11.7. The molecule has 0 heterocycles. The molecule has 0 fully saturated rings. The molecule has 0 radical (unpaired) electrons. The highest BCUT2D eigenvalue weighted by Gasteiger charge is 2.08. The van der Waals surface area contributed by atoms with Gasteiger partial charge in [0.05, 0.1) is 0 Å². The topological polar surface area (TPSA) is 12.0 Å². The zero-order valence-corrected chi connectivity index (χ0v) is 24.7. The molecule has 0 saturated carbocycles. The van der Waals surface area contributed by atoms with Gasteiger partial charge in [-0.3, -0.25) is 0 Å². The van der Waals surface area contributed by atoms with Crippen LogP contribution in [0.25, 0.3) is 0 Å². The van der Waals surface area contributed by atoms with E-state index in [0.717, 1.165) is 6.54 Å². The average molecular weight is 508 g/mol. The second kappa shape index (κ2) is 28.0. The van der Waals surface area contributed by atoms with Crippen LogP contribution in [-0.4, -0.2) is 6.04 Å². The molecule has 35 heavy (non-hydrogen) atoms. The van der Waals surface area contributed by atoms with Crippen LogP contribution in [0.5, 0.6) is 0 Å². The number of unbranched alkanes of at least 4 members (excludes halogenated alkanes) is 19. The maximum atomic E-state index is 3.90. The number of hydrogen-bond donors (Lipinski definition) is 1. The maximum absolute atomic E-state index is 3.90. The zero-order valence-electron chi connectivity index (χ0n) is 23.8. The van der Waals surface area contributed by atoms with Crippen LogP contribution in [0, 0.1) is 0 Å². The van der Waals surface area contributed by atoms with Crippen molar-refractivity contribution in [3.63, 3.8) is 0 Å². The SMILES string of the molecule is CCCCCCCCCCCCCC(CCCCCCCCCCCC)NCc1ccccc1.Cl. The summed E-state index contributed by atoms with van der Waals surface area (Å²) in [5, 5.41) is 3.90. The lowest BCUT2D eigenvalue weighted by molar-refractivity contribution is 0.409. The molecule has 0 aliphatic rings.